The second-order valence-electron chi connectivity index (χ2n) is 4.97. The molecule has 1 rings (SSSR count). The first-order chi connectivity index (χ1) is 9.73. The maximum Gasteiger partial charge on any atom is 0.289 e. The highest BCUT2D eigenvalue weighted by atomic mass is 32.2. The van der Waals surface area contributed by atoms with E-state index in [0.717, 1.165) is 0 Å². The minimum Gasteiger partial charge on any atom is -0.396 e. The van der Waals surface area contributed by atoms with Gasteiger partial charge in [0.2, 0.25) is 10.0 Å². The van der Waals surface area contributed by atoms with Crippen molar-refractivity contribution in [3.8, 4) is 0 Å². The molecule has 8 heteroatoms. The lowest BCUT2D eigenvalue weighted by atomic mass is 10.2. The van der Waals surface area contributed by atoms with Crippen molar-refractivity contribution in [2.24, 2.45) is 0 Å². The van der Waals surface area contributed by atoms with Gasteiger partial charge in [-0.1, -0.05) is 12.1 Å². The Balaban J connectivity index is 3.44. The van der Waals surface area contributed by atoms with Gasteiger partial charge in [0.15, 0.2) is 4.90 Å². The SMILES string of the molecule is Cc1cccc([N+](=O)[O-])c1S(=O)(=O)N(CCCO)C(C)C. The van der Waals surface area contributed by atoms with Crippen LogP contribution in [-0.2, 0) is 10.0 Å². The quantitative estimate of drug-likeness (QED) is 0.609. The average Bonchev–Trinajstić information content (AvgIpc) is 2.37. The molecule has 0 saturated carbocycles. The topological polar surface area (TPSA) is 101 Å². The van der Waals surface area contributed by atoms with Crippen molar-refractivity contribution >= 4 is 15.7 Å². The first-order valence-corrected chi connectivity index (χ1v) is 8.04. The molecule has 0 spiro atoms. The predicted octanol–water partition coefficient (Wildman–Crippen LogP) is 1.68. The lowest BCUT2D eigenvalue weighted by Crippen LogP contribution is -2.38. The number of aliphatic hydroxyl groups is 1. The summed E-state index contributed by atoms with van der Waals surface area (Å²) in [4.78, 5) is 10.1. The van der Waals surface area contributed by atoms with Crippen LogP contribution in [0.15, 0.2) is 23.1 Å². The summed E-state index contributed by atoms with van der Waals surface area (Å²) in [5.74, 6) is 0. The highest BCUT2D eigenvalue weighted by molar-refractivity contribution is 7.89. The Morgan fingerprint density at radius 1 is 1.38 bits per heavy atom. The number of nitrogens with zero attached hydrogens (tertiary/aromatic N) is 2. The van der Waals surface area contributed by atoms with Gasteiger partial charge < -0.3 is 5.11 Å². The first-order valence-electron chi connectivity index (χ1n) is 6.60. The van der Waals surface area contributed by atoms with Gasteiger partial charge in [-0.05, 0) is 32.8 Å². The van der Waals surface area contributed by atoms with Crippen molar-refractivity contribution in [3.63, 3.8) is 0 Å². The second-order valence-corrected chi connectivity index (χ2v) is 6.79. The summed E-state index contributed by atoms with van der Waals surface area (Å²) >= 11 is 0. The lowest BCUT2D eigenvalue weighted by Gasteiger charge is -2.26. The molecule has 118 valence electrons. The third kappa shape index (κ3) is 3.78. The molecule has 0 aliphatic rings. The molecule has 1 aromatic carbocycles. The maximum absolute atomic E-state index is 12.8. The van der Waals surface area contributed by atoms with Crippen molar-refractivity contribution in [1.29, 1.82) is 0 Å². The van der Waals surface area contributed by atoms with E-state index in [0.29, 0.717) is 5.56 Å². The molecular weight excluding hydrogens is 296 g/mol. The maximum atomic E-state index is 12.8. The van der Waals surface area contributed by atoms with Gasteiger partial charge in [-0.25, -0.2) is 8.42 Å². The van der Waals surface area contributed by atoms with Gasteiger partial charge in [0.05, 0.1) is 4.92 Å². The summed E-state index contributed by atoms with van der Waals surface area (Å²) in [5.41, 5.74) is -0.0940. The molecule has 0 aliphatic heterocycles. The Morgan fingerprint density at radius 3 is 2.48 bits per heavy atom. The number of aliphatic hydroxyl groups excluding tert-OH is 1. The summed E-state index contributed by atoms with van der Waals surface area (Å²) in [7, 11) is -4.00. The Hall–Kier alpha value is -1.51. The molecule has 7 nitrogen and oxygen atoms in total. The van der Waals surface area contributed by atoms with Crippen LogP contribution >= 0.6 is 0 Å². The molecule has 0 fully saturated rings. The van der Waals surface area contributed by atoms with E-state index in [1.54, 1.807) is 13.8 Å². The average molecular weight is 316 g/mol. The van der Waals surface area contributed by atoms with Gasteiger partial charge in [0.1, 0.15) is 0 Å². The summed E-state index contributed by atoms with van der Waals surface area (Å²) in [6.45, 7) is 4.89. The number of nitro benzene ring substituents is 1. The van der Waals surface area contributed by atoms with E-state index in [1.807, 2.05) is 0 Å². The third-order valence-corrected chi connectivity index (χ3v) is 5.34. The van der Waals surface area contributed by atoms with E-state index in [9.17, 15) is 18.5 Å². The zero-order valence-corrected chi connectivity index (χ0v) is 13.1. The molecule has 0 amide bonds. The van der Waals surface area contributed by atoms with Gasteiger partial charge in [0, 0.05) is 25.3 Å². The van der Waals surface area contributed by atoms with Gasteiger partial charge in [-0.15, -0.1) is 0 Å². The van der Waals surface area contributed by atoms with Gasteiger partial charge >= 0.3 is 0 Å². The Bertz CT molecular complexity index is 613. The molecule has 0 bridgehead atoms. The number of aryl methyl sites for hydroxylation is 1. The monoisotopic (exact) mass is 316 g/mol. The van der Waals surface area contributed by atoms with Crippen LogP contribution in [0, 0.1) is 17.0 Å². The fourth-order valence-corrected chi connectivity index (χ4v) is 4.16. The number of nitro groups is 1. The van der Waals surface area contributed by atoms with Gasteiger partial charge in [-0.2, -0.15) is 4.31 Å². The molecule has 0 unspecified atom stereocenters. The standard InChI is InChI=1S/C13H20N2O5S/c1-10(2)14(8-5-9-16)21(19,20)13-11(3)6-4-7-12(13)15(17)18/h4,6-7,10,16H,5,8-9H2,1-3H3. The first kappa shape index (κ1) is 17.5. The van der Waals surface area contributed by atoms with Crippen LogP contribution < -0.4 is 0 Å². The minimum absolute atomic E-state index is 0.113. The molecule has 0 aromatic heterocycles. The lowest BCUT2D eigenvalue weighted by molar-refractivity contribution is -0.387. The van der Waals surface area contributed by atoms with Crippen LogP contribution in [0.4, 0.5) is 5.69 Å². The van der Waals surface area contributed by atoms with Crippen molar-refractivity contribution in [2.75, 3.05) is 13.2 Å². The van der Waals surface area contributed by atoms with Crippen LogP contribution in [0.3, 0.4) is 0 Å². The molecule has 0 aliphatic carbocycles. The van der Waals surface area contributed by atoms with Crippen LogP contribution in [0.2, 0.25) is 0 Å². The van der Waals surface area contributed by atoms with Crippen LogP contribution in [0.1, 0.15) is 25.8 Å². The number of rotatable bonds is 7. The predicted molar refractivity (Wildman–Crippen MR) is 78.6 cm³/mol. The van der Waals surface area contributed by atoms with E-state index in [4.69, 9.17) is 5.11 Å². The Kier molecular flexibility index (Phi) is 5.82. The molecule has 0 radical (unpaired) electrons. The summed E-state index contributed by atoms with van der Waals surface area (Å²) in [6.07, 6.45) is 0.275. The molecule has 0 atom stereocenters. The number of hydrogen-bond acceptors (Lipinski definition) is 5. The highest BCUT2D eigenvalue weighted by Crippen LogP contribution is 2.30. The fourth-order valence-electron chi connectivity index (χ4n) is 2.12. The van der Waals surface area contributed by atoms with E-state index in [-0.39, 0.29) is 30.5 Å². The zero-order valence-electron chi connectivity index (χ0n) is 12.3. The number of hydrogen-bond donors (Lipinski definition) is 1. The van der Waals surface area contributed by atoms with Crippen molar-refractivity contribution in [2.45, 2.75) is 38.1 Å². The van der Waals surface area contributed by atoms with Crippen LogP contribution in [0.5, 0.6) is 0 Å². The molecule has 0 heterocycles. The zero-order chi connectivity index (χ0) is 16.2. The molecule has 1 N–H and O–H groups in total. The fraction of sp³-hybridized carbons (Fsp3) is 0.538. The van der Waals surface area contributed by atoms with E-state index < -0.39 is 20.6 Å². The highest BCUT2D eigenvalue weighted by Gasteiger charge is 2.34. The summed E-state index contributed by atoms with van der Waals surface area (Å²) < 4.78 is 26.7. The van der Waals surface area contributed by atoms with Crippen molar-refractivity contribution in [1.82, 2.24) is 4.31 Å². The number of sulfonamides is 1. The normalized spacial score (nSPS) is 12.1. The van der Waals surface area contributed by atoms with E-state index in [2.05, 4.69) is 0 Å². The van der Waals surface area contributed by atoms with Crippen molar-refractivity contribution < 1.29 is 18.4 Å². The van der Waals surface area contributed by atoms with Gasteiger partial charge in [0.25, 0.3) is 5.69 Å². The third-order valence-electron chi connectivity index (χ3n) is 3.07. The second kappa shape index (κ2) is 6.97. The summed E-state index contributed by atoms with van der Waals surface area (Å²) in [5, 5.41) is 20.0. The molecule has 1 aromatic rings. The number of benzene rings is 1. The largest absolute Gasteiger partial charge is 0.396 e. The van der Waals surface area contributed by atoms with Crippen molar-refractivity contribution in [3.05, 3.63) is 33.9 Å². The summed E-state index contributed by atoms with van der Waals surface area (Å²) in [6, 6.07) is 3.81. The Morgan fingerprint density at radius 2 is 2.00 bits per heavy atom. The molecular formula is C13H20N2O5S. The van der Waals surface area contributed by atoms with Crippen LogP contribution in [-0.4, -0.2) is 41.9 Å². The smallest absolute Gasteiger partial charge is 0.289 e. The molecule has 0 saturated heterocycles. The van der Waals surface area contributed by atoms with E-state index in [1.165, 1.54) is 29.4 Å². The minimum atomic E-state index is -4.00. The molecule has 21 heavy (non-hydrogen) atoms. The van der Waals surface area contributed by atoms with Gasteiger partial charge in [-0.3, -0.25) is 10.1 Å². The Labute approximate surface area is 124 Å². The van der Waals surface area contributed by atoms with Crippen LogP contribution in [0.25, 0.3) is 0 Å². The van der Waals surface area contributed by atoms with E-state index >= 15 is 0 Å².